The zero-order chi connectivity index (χ0) is 17.9. The van der Waals surface area contributed by atoms with Gasteiger partial charge in [-0.3, -0.25) is 9.59 Å². The van der Waals surface area contributed by atoms with Crippen LogP contribution in [0.4, 0.5) is 0 Å². The van der Waals surface area contributed by atoms with Gasteiger partial charge in [-0.05, 0) is 17.7 Å². The van der Waals surface area contributed by atoms with Crippen LogP contribution < -0.4 is 5.32 Å². The summed E-state index contributed by atoms with van der Waals surface area (Å²) in [5.74, 6) is -1.22. The summed E-state index contributed by atoms with van der Waals surface area (Å²) >= 11 is 0. The van der Waals surface area contributed by atoms with Gasteiger partial charge in [0.25, 0.3) is 11.8 Å². The summed E-state index contributed by atoms with van der Waals surface area (Å²) in [4.78, 5) is 28.3. The Labute approximate surface area is 149 Å². The first-order valence-electron chi connectivity index (χ1n) is 8.12. The number of fused-ring (bicyclic) bond motifs is 1. The van der Waals surface area contributed by atoms with Crippen molar-refractivity contribution in [1.29, 1.82) is 0 Å². The Morgan fingerprint density at radius 1 is 1.15 bits per heavy atom. The first-order valence-corrected chi connectivity index (χ1v) is 8.12. The van der Waals surface area contributed by atoms with Gasteiger partial charge in [0, 0.05) is 30.2 Å². The van der Waals surface area contributed by atoms with E-state index in [1.165, 1.54) is 0 Å². The summed E-state index contributed by atoms with van der Waals surface area (Å²) < 4.78 is 1.90. The molecule has 1 N–H and O–H groups in total. The number of imidazole rings is 1. The molecular weight excluding hydrogens is 330 g/mol. The highest BCUT2D eigenvalue weighted by molar-refractivity contribution is 5.98. The van der Waals surface area contributed by atoms with Gasteiger partial charge < -0.3 is 9.88 Å². The number of benzene rings is 1. The SMILES string of the molecule is O=C(NCc1ccc(-n2ccnc2)cc1)C1=C2C=CC=CC2C(=O)N=N1. The number of rotatable bonds is 4. The van der Waals surface area contributed by atoms with Gasteiger partial charge in [-0.1, -0.05) is 36.4 Å². The highest BCUT2D eigenvalue weighted by atomic mass is 16.2. The second-order valence-corrected chi connectivity index (χ2v) is 5.88. The van der Waals surface area contributed by atoms with Crippen LogP contribution in [0, 0.1) is 5.92 Å². The second kappa shape index (κ2) is 6.72. The van der Waals surface area contributed by atoms with Crippen molar-refractivity contribution in [2.45, 2.75) is 6.54 Å². The van der Waals surface area contributed by atoms with Crippen molar-refractivity contribution >= 4 is 11.8 Å². The van der Waals surface area contributed by atoms with Crippen molar-refractivity contribution in [3.05, 3.63) is 84.1 Å². The number of carbonyl (C=O) groups is 2. The standard InChI is InChI=1S/C19H15N5O2/c25-18-16-4-2-1-3-15(16)17(22-23-18)19(26)21-11-13-5-7-14(8-6-13)24-10-9-20-12-24/h1-10,12,16H,11H2,(H,21,26). The Hall–Kier alpha value is -3.61. The molecular formula is C19H15N5O2. The molecule has 0 saturated heterocycles. The average Bonchev–Trinajstić information content (AvgIpc) is 3.22. The molecule has 1 aliphatic heterocycles. The van der Waals surface area contributed by atoms with Crippen LogP contribution >= 0.6 is 0 Å². The van der Waals surface area contributed by atoms with Crippen LogP contribution in [0.2, 0.25) is 0 Å². The molecule has 1 aromatic carbocycles. The second-order valence-electron chi connectivity index (χ2n) is 5.88. The van der Waals surface area contributed by atoms with Crippen molar-refractivity contribution in [1.82, 2.24) is 14.9 Å². The Morgan fingerprint density at radius 3 is 2.77 bits per heavy atom. The fourth-order valence-electron chi connectivity index (χ4n) is 2.84. The maximum Gasteiger partial charge on any atom is 0.276 e. The third-order valence-corrected chi connectivity index (χ3v) is 4.22. The molecule has 7 heteroatoms. The van der Waals surface area contributed by atoms with Crippen molar-refractivity contribution in [3.63, 3.8) is 0 Å². The zero-order valence-corrected chi connectivity index (χ0v) is 13.7. The summed E-state index contributed by atoms with van der Waals surface area (Å²) in [5.41, 5.74) is 2.71. The molecule has 0 bridgehead atoms. The molecule has 26 heavy (non-hydrogen) atoms. The van der Waals surface area contributed by atoms with E-state index in [2.05, 4.69) is 20.5 Å². The highest BCUT2D eigenvalue weighted by Gasteiger charge is 2.29. The molecule has 1 aromatic heterocycles. The zero-order valence-electron chi connectivity index (χ0n) is 13.7. The van der Waals surface area contributed by atoms with Gasteiger partial charge in [0.1, 0.15) is 0 Å². The molecule has 4 rings (SSSR count). The Bertz CT molecular complexity index is 966. The Balaban J connectivity index is 1.46. The normalized spacial score (nSPS) is 18.2. The third-order valence-electron chi connectivity index (χ3n) is 4.22. The minimum absolute atomic E-state index is 0.185. The van der Waals surface area contributed by atoms with Crippen LogP contribution in [-0.4, -0.2) is 21.4 Å². The van der Waals surface area contributed by atoms with Crippen LogP contribution in [0.15, 0.2) is 88.8 Å². The topological polar surface area (TPSA) is 88.7 Å². The van der Waals surface area contributed by atoms with E-state index in [-0.39, 0.29) is 17.5 Å². The van der Waals surface area contributed by atoms with E-state index in [4.69, 9.17) is 0 Å². The average molecular weight is 345 g/mol. The summed E-state index contributed by atoms with van der Waals surface area (Å²) in [7, 11) is 0. The van der Waals surface area contributed by atoms with Crippen molar-refractivity contribution in [3.8, 4) is 5.69 Å². The molecule has 2 aromatic rings. The van der Waals surface area contributed by atoms with E-state index in [1.807, 2.05) is 35.0 Å². The molecule has 0 spiro atoms. The summed E-state index contributed by atoms with van der Waals surface area (Å²) in [6.07, 6.45) is 12.3. The maximum atomic E-state index is 12.5. The van der Waals surface area contributed by atoms with Gasteiger partial charge in [0.2, 0.25) is 0 Å². The molecule has 0 fully saturated rings. The number of allylic oxidation sites excluding steroid dienone is 3. The molecule has 0 saturated carbocycles. The van der Waals surface area contributed by atoms with Crippen LogP contribution in [0.5, 0.6) is 0 Å². The lowest BCUT2D eigenvalue weighted by Gasteiger charge is -2.18. The molecule has 7 nitrogen and oxygen atoms in total. The number of hydrogen-bond donors (Lipinski definition) is 1. The predicted octanol–water partition coefficient (Wildman–Crippen LogP) is 2.48. The van der Waals surface area contributed by atoms with Gasteiger partial charge >= 0.3 is 0 Å². The predicted molar refractivity (Wildman–Crippen MR) is 94.1 cm³/mol. The van der Waals surface area contributed by atoms with E-state index in [0.717, 1.165) is 11.3 Å². The van der Waals surface area contributed by atoms with E-state index >= 15 is 0 Å². The highest BCUT2D eigenvalue weighted by Crippen LogP contribution is 2.28. The number of carbonyl (C=O) groups excluding carboxylic acids is 2. The number of hydrogen-bond acceptors (Lipinski definition) is 4. The lowest BCUT2D eigenvalue weighted by atomic mass is 9.91. The smallest absolute Gasteiger partial charge is 0.276 e. The first-order chi connectivity index (χ1) is 12.7. The van der Waals surface area contributed by atoms with Crippen LogP contribution in [0.3, 0.4) is 0 Å². The number of azo groups is 1. The van der Waals surface area contributed by atoms with E-state index in [1.54, 1.807) is 36.8 Å². The van der Waals surface area contributed by atoms with Crippen molar-refractivity contribution in [2.75, 3.05) is 0 Å². The number of amides is 2. The summed E-state index contributed by atoms with van der Waals surface area (Å²) in [5, 5.41) is 10.2. The van der Waals surface area contributed by atoms with E-state index in [9.17, 15) is 9.59 Å². The third kappa shape index (κ3) is 3.02. The van der Waals surface area contributed by atoms with Gasteiger partial charge in [0.05, 0.1) is 12.2 Å². The van der Waals surface area contributed by atoms with Crippen LogP contribution in [0.1, 0.15) is 5.56 Å². The lowest BCUT2D eigenvalue weighted by Crippen LogP contribution is -2.28. The fraction of sp³-hybridized carbons (Fsp3) is 0.105. The van der Waals surface area contributed by atoms with E-state index in [0.29, 0.717) is 12.1 Å². The fourth-order valence-corrected chi connectivity index (χ4v) is 2.84. The van der Waals surface area contributed by atoms with Gasteiger partial charge in [-0.25, -0.2) is 4.98 Å². The lowest BCUT2D eigenvalue weighted by molar-refractivity contribution is -0.120. The number of nitrogens with one attached hydrogen (secondary N) is 1. The first kappa shape index (κ1) is 15.9. The van der Waals surface area contributed by atoms with Crippen molar-refractivity contribution < 1.29 is 9.59 Å². The molecule has 2 amide bonds. The minimum atomic E-state index is -0.521. The van der Waals surface area contributed by atoms with Gasteiger partial charge in [0.15, 0.2) is 5.70 Å². The number of aromatic nitrogens is 2. The molecule has 2 aliphatic rings. The van der Waals surface area contributed by atoms with Gasteiger partial charge in [-0.15, -0.1) is 10.2 Å². The molecule has 1 atom stereocenters. The summed E-state index contributed by atoms with van der Waals surface area (Å²) in [6.45, 7) is 0.355. The van der Waals surface area contributed by atoms with E-state index < -0.39 is 5.92 Å². The minimum Gasteiger partial charge on any atom is -0.347 e. The maximum absolute atomic E-state index is 12.5. The van der Waals surface area contributed by atoms with Gasteiger partial charge in [-0.2, -0.15) is 0 Å². The monoisotopic (exact) mass is 345 g/mol. The Kier molecular flexibility index (Phi) is 4.10. The van der Waals surface area contributed by atoms with Crippen LogP contribution in [-0.2, 0) is 16.1 Å². The quantitative estimate of drug-likeness (QED) is 0.923. The largest absolute Gasteiger partial charge is 0.347 e. The summed E-state index contributed by atoms with van der Waals surface area (Å²) in [6, 6.07) is 7.78. The molecule has 1 unspecified atom stereocenters. The molecule has 128 valence electrons. The molecule has 2 heterocycles. The number of nitrogens with zero attached hydrogens (tertiary/aromatic N) is 4. The van der Waals surface area contributed by atoms with Crippen LogP contribution in [0.25, 0.3) is 5.69 Å². The molecule has 0 radical (unpaired) electrons. The molecule has 1 aliphatic carbocycles. The Morgan fingerprint density at radius 2 is 2.00 bits per heavy atom. The van der Waals surface area contributed by atoms with Crippen molar-refractivity contribution in [2.24, 2.45) is 16.1 Å².